The molecule has 0 saturated carbocycles. The van der Waals surface area contributed by atoms with E-state index in [2.05, 4.69) is 36.6 Å². The first kappa shape index (κ1) is 23.1. The number of ether oxygens (including phenoxy) is 1. The number of para-hydroxylation sites is 2. The fourth-order valence-electron chi connectivity index (χ4n) is 4.75. The Kier molecular flexibility index (Phi) is 6.53. The van der Waals surface area contributed by atoms with Crippen molar-refractivity contribution in [3.63, 3.8) is 0 Å². The summed E-state index contributed by atoms with van der Waals surface area (Å²) in [4.78, 5) is 19.5. The Bertz CT molecular complexity index is 1310. The Morgan fingerprint density at radius 3 is 2.51 bits per heavy atom. The molecule has 0 N–H and O–H groups in total. The first-order valence-electron chi connectivity index (χ1n) is 12.2. The maximum absolute atomic E-state index is 13.4. The van der Waals surface area contributed by atoms with E-state index in [0.717, 1.165) is 41.3 Å². The van der Waals surface area contributed by atoms with Crippen LogP contribution in [-0.4, -0.2) is 28.6 Å². The largest absolute Gasteiger partial charge is 0.494 e. The number of carbonyl (C=O) groups excluding carboxylic acids is 1. The van der Waals surface area contributed by atoms with E-state index in [4.69, 9.17) is 9.72 Å². The highest BCUT2D eigenvalue weighted by Gasteiger charge is 2.34. The van der Waals surface area contributed by atoms with E-state index in [1.807, 2.05) is 30.3 Å². The number of aryl methyl sites for hydroxylation is 1. The van der Waals surface area contributed by atoms with Gasteiger partial charge in [-0.05, 0) is 66.4 Å². The highest BCUT2D eigenvalue weighted by atomic mass is 19.1. The summed E-state index contributed by atoms with van der Waals surface area (Å²) in [5.74, 6) is 2.00. The number of nitrogens with zero attached hydrogens (tertiary/aromatic N) is 3. The second-order valence-corrected chi connectivity index (χ2v) is 9.42. The Hall–Kier alpha value is -3.67. The lowest BCUT2D eigenvalue weighted by Crippen LogP contribution is -2.24. The summed E-state index contributed by atoms with van der Waals surface area (Å²) in [6.45, 7) is 6.24. The third kappa shape index (κ3) is 4.92. The molecule has 2 heterocycles. The Labute approximate surface area is 205 Å². The molecule has 1 fully saturated rings. The minimum absolute atomic E-state index is 0.0237. The van der Waals surface area contributed by atoms with Crippen molar-refractivity contribution in [1.29, 1.82) is 0 Å². The zero-order valence-corrected chi connectivity index (χ0v) is 20.2. The lowest BCUT2D eigenvalue weighted by molar-refractivity contribution is -0.117. The smallest absolute Gasteiger partial charge is 0.227 e. The number of halogens is 1. The Morgan fingerprint density at radius 1 is 1.03 bits per heavy atom. The molecule has 5 rings (SSSR count). The maximum Gasteiger partial charge on any atom is 0.227 e. The number of benzene rings is 3. The minimum atomic E-state index is -0.308. The number of anilines is 1. The van der Waals surface area contributed by atoms with Crippen LogP contribution >= 0.6 is 0 Å². The zero-order chi connectivity index (χ0) is 24.4. The first-order chi connectivity index (χ1) is 17.0. The molecule has 1 saturated heterocycles. The molecule has 1 aliphatic rings. The number of amides is 1. The average molecular weight is 472 g/mol. The highest BCUT2D eigenvalue weighted by molar-refractivity contribution is 5.96. The van der Waals surface area contributed by atoms with E-state index in [1.54, 1.807) is 17.0 Å². The fourth-order valence-corrected chi connectivity index (χ4v) is 4.75. The van der Waals surface area contributed by atoms with E-state index >= 15 is 0 Å². The van der Waals surface area contributed by atoms with Gasteiger partial charge < -0.3 is 14.2 Å². The molecule has 0 bridgehead atoms. The number of fused-ring (bicyclic) bond motifs is 1. The van der Waals surface area contributed by atoms with Gasteiger partial charge in [0.1, 0.15) is 17.4 Å². The number of rotatable bonds is 8. The molecule has 0 spiro atoms. The van der Waals surface area contributed by atoms with Crippen LogP contribution in [0.2, 0.25) is 0 Å². The van der Waals surface area contributed by atoms with E-state index < -0.39 is 0 Å². The fraction of sp³-hybridized carbons (Fsp3) is 0.310. The molecule has 1 atom stereocenters. The second-order valence-electron chi connectivity index (χ2n) is 9.42. The van der Waals surface area contributed by atoms with Gasteiger partial charge in [0.25, 0.3) is 0 Å². The Morgan fingerprint density at radius 2 is 1.77 bits per heavy atom. The molecular formula is C29H30FN3O2. The van der Waals surface area contributed by atoms with Gasteiger partial charge in [-0.3, -0.25) is 4.79 Å². The quantitative estimate of drug-likeness (QED) is 0.284. The maximum atomic E-state index is 13.4. The summed E-state index contributed by atoms with van der Waals surface area (Å²) >= 11 is 0. The molecule has 35 heavy (non-hydrogen) atoms. The molecule has 1 unspecified atom stereocenters. The van der Waals surface area contributed by atoms with Crippen molar-refractivity contribution in [1.82, 2.24) is 9.55 Å². The van der Waals surface area contributed by atoms with Gasteiger partial charge in [-0.1, -0.05) is 38.1 Å². The molecule has 180 valence electrons. The van der Waals surface area contributed by atoms with Crippen molar-refractivity contribution >= 4 is 22.6 Å². The van der Waals surface area contributed by atoms with Crippen LogP contribution in [0.25, 0.3) is 11.0 Å². The van der Waals surface area contributed by atoms with Crippen molar-refractivity contribution in [2.24, 2.45) is 0 Å². The summed E-state index contributed by atoms with van der Waals surface area (Å²) in [5, 5.41) is 0. The molecule has 1 amide bonds. The van der Waals surface area contributed by atoms with Crippen molar-refractivity contribution in [3.05, 3.63) is 90.0 Å². The number of imidazole rings is 1. The van der Waals surface area contributed by atoms with Gasteiger partial charge in [0, 0.05) is 31.1 Å². The summed E-state index contributed by atoms with van der Waals surface area (Å²) in [5.41, 5.74) is 4.02. The molecular weight excluding hydrogens is 441 g/mol. The molecule has 1 aliphatic heterocycles. The van der Waals surface area contributed by atoms with Gasteiger partial charge >= 0.3 is 0 Å². The zero-order valence-electron chi connectivity index (χ0n) is 20.2. The van der Waals surface area contributed by atoms with Crippen LogP contribution in [0.5, 0.6) is 5.75 Å². The SMILES string of the molecule is CC(C)c1ccc(OCCCn2c(C3CC(=O)N(c4ccc(F)cc4)C3)nc3ccccc32)cc1. The molecule has 5 nitrogen and oxygen atoms in total. The molecule has 0 radical (unpaired) electrons. The highest BCUT2D eigenvalue weighted by Crippen LogP contribution is 2.33. The van der Waals surface area contributed by atoms with Gasteiger partial charge in [0.05, 0.1) is 17.6 Å². The van der Waals surface area contributed by atoms with Crippen LogP contribution < -0.4 is 9.64 Å². The third-order valence-corrected chi connectivity index (χ3v) is 6.65. The monoisotopic (exact) mass is 471 g/mol. The first-order valence-corrected chi connectivity index (χ1v) is 12.2. The lowest BCUT2D eigenvalue weighted by atomic mass is 10.0. The number of hydrogen-bond donors (Lipinski definition) is 0. The summed E-state index contributed by atoms with van der Waals surface area (Å²) in [6.07, 6.45) is 1.21. The second kappa shape index (κ2) is 9.90. The molecule has 4 aromatic rings. The number of hydrogen-bond acceptors (Lipinski definition) is 3. The van der Waals surface area contributed by atoms with Crippen molar-refractivity contribution in [3.8, 4) is 5.75 Å². The van der Waals surface area contributed by atoms with Crippen molar-refractivity contribution in [2.45, 2.75) is 45.1 Å². The van der Waals surface area contributed by atoms with E-state index in [0.29, 0.717) is 25.5 Å². The molecule has 6 heteroatoms. The summed E-state index contributed by atoms with van der Waals surface area (Å²) in [7, 11) is 0. The molecule has 3 aromatic carbocycles. The van der Waals surface area contributed by atoms with Crippen molar-refractivity contribution < 1.29 is 13.9 Å². The number of aromatic nitrogens is 2. The molecule has 0 aliphatic carbocycles. The van der Waals surface area contributed by atoms with Crippen LogP contribution in [0.3, 0.4) is 0 Å². The summed E-state index contributed by atoms with van der Waals surface area (Å²) < 4.78 is 21.6. The third-order valence-electron chi connectivity index (χ3n) is 6.65. The van der Waals surface area contributed by atoms with E-state index in [1.165, 1.54) is 17.7 Å². The summed E-state index contributed by atoms with van der Waals surface area (Å²) in [6, 6.07) is 22.5. The van der Waals surface area contributed by atoms with Crippen LogP contribution in [0.4, 0.5) is 10.1 Å². The van der Waals surface area contributed by atoms with Gasteiger partial charge in [0.2, 0.25) is 5.91 Å². The van der Waals surface area contributed by atoms with Crippen molar-refractivity contribution in [2.75, 3.05) is 18.1 Å². The predicted molar refractivity (Wildman–Crippen MR) is 136 cm³/mol. The topological polar surface area (TPSA) is 47.4 Å². The predicted octanol–water partition coefficient (Wildman–Crippen LogP) is 6.29. The van der Waals surface area contributed by atoms with Gasteiger partial charge in [-0.15, -0.1) is 0 Å². The van der Waals surface area contributed by atoms with Gasteiger partial charge in [-0.2, -0.15) is 0 Å². The molecule has 1 aromatic heterocycles. The van der Waals surface area contributed by atoms with Crippen LogP contribution in [0.15, 0.2) is 72.8 Å². The number of carbonyl (C=O) groups is 1. The minimum Gasteiger partial charge on any atom is -0.494 e. The van der Waals surface area contributed by atoms with E-state index in [9.17, 15) is 9.18 Å². The average Bonchev–Trinajstić information content (AvgIpc) is 3.43. The Balaban J connectivity index is 1.30. The van der Waals surface area contributed by atoms with Crippen LogP contribution in [0.1, 0.15) is 49.9 Å². The van der Waals surface area contributed by atoms with E-state index in [-0.39, 0.29) is 17.6 Å². The standard InChI is InChI=1S/C29H30FN3O2/c1-20(2)21-8-14-25(15-9-21)35-17-5-16-32-27-7-4-3-6-26(27)31-29(32)22-18-28(34)33(19-22)24-12-10-23(30)11-13-24/h3-4,6-15,20,22H,5,16-19H2,1-2H3. The lowest BCUT2D eigenvalue weighted by Gasteiger charge is -2.17. The normalized spacial score (nSPS) is 15.9. The van der Waals surface area contributed by atoms with Crippen LogP contribution in [0, 0.1) is 5.82 Å². The van der Waals surface area contributed by atoms with Crippen LogP contribution in [-0.2, 0) is 11.3 Å². The van der Waals surface area contributed by atoms with Gasteiger partial charge in [0.15, 0.2) is 0 Å². The van der Waals surface area contributed by atoms with Gasteiger partial charge in [-0.25, -0.2) is 9.37 Å².